The third kappa shape index (κ3) is 3.09. The minimum Gasteiger partial charge on any atom is -0.103 e. The van der Waals surface area contributed by atoms with Crippen molar-refractivity contribution in [3.63, 3.8) is 0 Å². The van der Waals surface area contributed by atoms with Crippen molar-refractivity contribution in [2.75, 3.05) is 0 Å². The highest BCUT2D eigenvalue weighted by Gasteiger charge is 2.37. The Morgan fingerprint density at radius 3 is 2.07 bits per heavy atom. The highest BCUT2D eigenvalue weighted by Crippen LogP contribution is 2.48. The first-order valence-corrected chi connectivity index (χ1v) is 6.90. The largest absolute Gasteiger partial charge is 0.103 e. The summed E-state index contributed by atoms with van der Waals surface area (Å²) in [6, 6.07) is 0. The van der Waals surface area contributed by atoms with Gasteiger partial charge in [-0.15, -0.1) is 6.58 Å². The summed E-state index contributed by atoms with van der Waals surface area (Å²) in [7, 11) is 0. The van der Waals surface area contributed by atoms with E-state index in [4.69, 9.17) is 0 Å². The zero-order valence-electron chi connectivity index (χ0n) is 10.7. The molecule has 0 N–H and O–H groups in total. The van der Waals surface area contributed by atoms with E-state index in [1.165, 1.54) is 57.8 Å². The molecule has 0 aromatic rings. The van der Waals surface area contributed by atoms with E-state index in [-0.39, 0.29) is 0 Å². The van der Waals surface area contributed by atoms with Crippen LogP contribution < -0.4 is 0 Å². The number of hydrogen-bond acceptors (Lipinski definition) is 0. The van der Waals surface area contributed by atoms with Crippen LogP contribution in [-0.4, -0.2) is 0 Å². The first kappa shape index (κ1) is 12.8. The fourth-order valence-electron chi connectivity index (χ4n) is 3.73. The van der Waals surface area contributed by atoms with Gasteiger partial charge in [-0.1, -0.05) is 45.6 Å². The van der Waals surface area contributed by atoms with Gasteiger partial charge in [0.1, 0.15) is 0 Å². The topological polar surface area (TPSA) is 0 Å². The lowest BCUT2D eigenvalue weighted by Gasteiger charge is -2.39. The van der Waals surface area contributed by atoms with Gasteiger partial charge in [0, 0.05) is 0 Å². The predicted molar refractivity (Wildman–Crippen MR) is 69.0 cm³/mol. The SMILES string of the molecule is C=CCC(CCC)(CCC)C1CCCC1. The number of rotatable bonds is 7. The van der Waals surface area contributed by atoms with Gasteiger partial charge in [-0.25, -0.2) is 0 Å². The maximum absolute atomic E-state index is 3.98. The Labute approximate surface area is 96.2 Å². The summed E-state index contributed by atoms with van der Waals surface area (Å²) in [6.45, 7) is 8.65. The van der Waals surface area contributed by atoms with Crippen molar-refractivity contribution in [3.8, 4) is 0 Å². The molecule has 0 spiro atoms. The summed E-state index contributed by atoms with van der Waals surface area (Å²) in [6.07, 6.45) is 14.8. The molecule has 0 aromatic carbocycles. The summed E-state index contributed by atoms with van der Waals surface area (Å²) in [5.41, 5.74) is 0.613. The molecule has 1 rings (SSSR count). The van der Waals surface area contributed by atoms with E-state index < -0.39 is 0 Å². The molecule has 0 heterocycles. The van der Waals surface area contributed by atoms with Crippen molar-refractivity contribution in [2.24, 2.45) is 11.3 Å². The zero-order chi connectivity index (χ0) is 11.1. The van der Waals surface area contributed by atoms with Crippen molar-refractivity contribution in [1.29, 1.82) is 0 Å². The van der Waals surface area contributed by atoms with Crippen LogP contribution in [0.2, 0.25) is 0 Å². The summed E-state index contributed by atoms with van der Waals surface area (Å²) in [4.78, 5) is 0. The van der Waals surface area contributed by atoms with Gasteiger partial charge in [0.15, 0.2) is 0 Å². The monoisotopic (exact) mass is 208 g/mol. The lowest BCUT2D eigenvalue weighted by molar-refractivity contribution is 0.130. The molecule has 1 aliphatic rings. The molecule has 0 saturated heterocycles. The second-order valence-corrected chi connectivity index (χ2v) is 5.34. The van der Waals surface area contributed by atoms with Gasteiger partial charge < -0.3 is 0 Å². The molecule has 0 radical (unpaired) electrons. The Hall–Kier alpha value is -0.260. The van der Waals surface area contributed by atoms with E-state index in [1.807, 2.05) is 0 Å². The van der Waals surface area contributed by atoms with Crippen LogP contribution in [-0.2, 0) is 0 Å². The molecule has 0 heteroatoms. The van der Waals surface area contributed by atoms with Crippen molar-refractivity contribution in [3.05, 3.63) is 12.7 Å². The van der Waals surface area contributed by atoms with Gasteiger partial charge in [0.05, 0.1) is 0 Å². The molecule has 1 fully saturated rings. The van der Waals surface area contributed by atoms with E-state index in [9.17, 15) is 0 Å². The maximum Gasteiger partial charge on any atom is -0.0235 e. The summed E-state index contributed by atoms with van der Waals surface area (Å²) < 4.78 is 0. The lowest BCUT2D eigenvalue weighted by Crippen LogP contribution is -2.28. The molecule has 15 heavy (non-hydrogen) atoms. The van der Waals surface area contributed by atoms with Gasteiger partial charge in [0.25, 0.3) is 0 Å². The van der Waals surface area contributed by atoms with Crippen LogP contribution in [0.3, 0.4) is 0 Å². The minimum atomic E-state index is 0.613. The smallest absolute Gasteiger partial charge is 0.0235 e. The van der Waals surface area contributed by atoms with Crippen LogP contribution in [0.4, 0.5) is 0 Å². The van der Waals surface area contributed by atoms with Crippen LogP contribution in [0.5, 0.6) is 0 Å². The first-order chi connectivity index (χ1) is 7.29. The molecule has 1 aliphatic carbocycles. The van der Waals surface area contributed by atoms with Crippen LogP contribution >= 0.6 is 0 Å². The quantitative estimate of drug-likeness (QED) is 0.495. The Morgan fingerprint density at radius 2 is 1.67 bits per heavy atom. The standard InChI is InChI=1S/C15H28/c1-4-11-15(12-5-2,13-6-3)14-9-7-8-10-14/h4,14H,1,5-13H2,2-3H3. The molecule has 0 unspecified atom stereocenters. The van der Waals surface area contributed by atoms with E-state index in [1.54, 1.807) is 0 Å². The molecule has 0 aliphatic heterocycles. The summed E-state index contributed by atoms with van der Waals surface area (Å²) >= 11 is 0. The lowest BCUT2D eigenvalue weighted by atomic mass is 9.66. The van der Waals surface area contributed by atoms with Crippen molar-refractivity contribution < 1.29 is 0 Å². The highest BCUT2D eigenvalue weighted by molar-refractivity contribution is 4.93. The van der Waals surface area contributed by atoms with Gasteiger partial charge in [0.2, 0.25) is 0 Å². The van der Waals surface area contributed by atoms with E-state index in [0.717, 1.165) is 5.92 Å². The average molecular weight is 208 g/mol. The Balaban J connectivity index is 2.72. The molecule has 0 bridgehead atoms. The molecule has 0 atom stereocenters. The average Bonchev–Trinajstić information content (AvgIpc) is 2.72. The third-order valence-corrected chi connectivity index (χ3v) is 4.27. The van der Waals surface area contributed by atoms with Crippen molar-refractivity contribution >= 4 is 0 Å². The molecular weight excluding hydrogens is 180 g/mol. The van der Waals surface area contributed by atoms with Crippen LogP contribution in [0.1, 0.15) is 71.6 Å². The molecule has 0 aromatic heterocycles. The highest BCUT2D eigenvalue weighted by atomic mass is 14.4. The van der Waals surface area contributed by atoms with E-state index >= 15 is 0 Å². The normalized spacial score (nSPS) is 18.3. The maximum atomic E-state index is 3.98. The molecule has 0 amide bonds. The second kappa shape index (κ2) is 6.35. The summed E-state index contributed by atoms with van der Waals surface area (Å²) in [5.74, 6) is 0.996. The molecular formula is C15H28. The second-order valence-electron chi connectivity index (χ2n) is 5.34. The van der Waals surface area contributed by atoms with Gasteiger partial charge in [-0.3, -0.25) is 0 Å². The number of allylic oxidation sites excluding steroid dienone is 1. The molecule has 1 saturated carbocycles. The van der Waals surface area contributed by atoms with Gasteiger partial charge in [-0.2, -0.15) is 0 Å². The Kier molecular flexibility index (Phi) is 5.42. The van der Waals surface area contributed by atoms with Crippen molar-refractivity contribution in [1.82, 2.24) is 0 Å². The van der Waals surface area contributed by atoms with E-state index in [2.05, 4.69) is 26.5 Å². The van der Waals surface area contributed by atoms with Crippen LogP contribution in [0.25, 0.3) is 0 Å². The Bertz CT molecular complexity index is 168. The molecule has 88 valence electrons. The minimum absolute atomic E-state index is 0.613. The fourth-order valence-corrected chi connectivity index (χ4v) is 3.73. The number of hydrogen-bond donors (Lipinski definition) is 0. The van der Waals surface area contributed by atoms with E-state index in [0.29, 0.717) is 5.41 Å². The van der Waals surface area contributed by atoms with Crippen LogP contribution in [0, 0.1) is 11.3 Å². The first-order valence-electron chi connectivity index (χ1n) is 6.90. The zero-order valence-corrected chi connectivity index (χ0v) is 10.7. The summed E-state index contributed by atoms with van der Waals surface area (Å²) in [5, 5.41) is 0. The predicted octanol–water partition coefficient (Wildman–Crippen LogP) is 5.34. The third-order valence-electron chi connectivity index (χ3n) is 4.27. The fraction of sp³-hybridized carbons (Fsp3) is 0.867. The van der Waals surface area contributed by atoms with Crippen molar-refractivity contribution in [2.45, 2.75) is 71.6 Å². The van der Waals surface area contributed by atoms with Gasteiger partial charge in [-0.05, 0) is 43.4 Å². The van der Waals surface area contributed by atoms with Gasteiger partial charge >= 0.3 is 0 Å². The van der Waals surface area contributed by atoms with Crippen LogP contribution in [0.15, 0.2) is 12.7 Å². The Morgan fingerprint density at radius 1 is 1.13 bits per heavy atom. The molecule has 0 nitrogen and oxygen atoms in total.